The molecular weight excluding hydrogens is 240 g/mol. The maximum Gasteiger partial charge on any atom is 0.319 e. The van der Waals surface area contributed by atoms with Crippen molar-refractivity contribution in [2.24, 2.45) is 0 Å². The van der Waals surface area contributed by atoms with Gasteiger partial charge in [-0.25, -0.2) is 4.79 Å². The predicted molar refractivity (Wildman–Crippen MR) is 78.4 cm³/mol. The monoisotopic (exact) mass is 264 g/mol. The van der Waals surface area contributed by atoms with Gasteiger partial charge < -0.3 is 15.7 Å². The van der Waals surface area contributed by atoms with E-state index in [1.54, 1.807) is 0 Å². The second-order valence-corrected chi connectivity index (χ2v) is 4.75. The number of benzene rings is 1. The van der Waals surface area contributed by atoms with E-state index < -0.39 is 5.60 Å². The first-order chi connectivity index (χ1) is 9.04. The van der Waals surface area contributed by atoms with E-state index in [2.05, 4.69) is 10.6 Å². The molecule has 0 aromatic heterocycles. The Labute approximate surface area is 115 Å². The Morgan fingerprint density at radius 3 is 2.42 bits per heavy atom. The third-order valence-electron chi connectivity index (χ3n) is 3.54. The Hall–Kier alpha value is -1.55. The van der Waals surface area contributed by atoms with Crippen LogP contribution in [0.3, 0.4) is 0 Å². The zero-order chi connectivity index (χ0) is 14.3. The number of para-hydroxylation sites is 1. The van der Waals surface area contributed by atoms with Gasteiger partial charge in [0.1, 0.15) is 0 Å². The molecule has 0 atom stereocenters. The number of urea groups is 1. The van der Waals surface area contributed by atoms with Gasteiger partial charge in [-0.2, -0.15) is 0 Å². The molecule has 0 saturated carbocycles. The summed E-state index contributed by atoms with van der Waals surface area (Å²) in [7, 11) is 0. The minimum absolute atomic E-state index is 0.264. The highest BCUT2D eigenvalue weighted by atomic mass is 16.3. The Morgan fingerprint density at radius 2 is 1.84 bits per heavy atom. The normalized spacial score (nSPS) is 11.2. The van der Waals surface area contributed by atoms with Crippen LogP contribution in [0.25, 0.3) is 0 Å². The molecule has 0 bridgehead atoms. The van der Waals surface area contributed by atoms with Crippen LogP contribution in [0.4, 0.5) is 10.5 Å². The van der Waals surface area contributed by atoms with E-state index in [0.29, 0.717) is 12.8 Å². The molecule has 0 fully saturated rings. The highest BCUT2D eigenvalue weighted by Gasteiger charge is 2.22. The van der Waals surface area contributed by atoms with Gasteiger partial charge in [-0.1, -0.05) is 39.0 Å². The van der Waals surface area contributed by atoms with Crippen LogP contribution in [0, 0.1) is 0 Å². The molecule has 0 aliphatic rings. The van der Waals surface area contributed by atoms with Crippen molar-refractivity contribution in [1.82, 2.24) is 5.32 Å². The molecule has 0 radical (unpaired) electrons. The number of aryl methyl sites for hydroxylation is 1. The standard InChI is InChI=1S/C15H24N2O2/c1-4-12-9-7-8-10-13(12)17-14(18)16-11-15(19,5-2)6-3/h7-10,19H,4-6,11H2,1-3H3,(H2,16,17,18). The molecule has 1 aromatic rings. The summed E-state index contributed by atoms with van der Waals surface area (Å²) in [4.78, 5) is 11.8. The molecule has 1 rings (SSSR count). The summed E-state index contributed by atoms with van der Waals surface area (Å²) in [6.45, 7) is 6.14. The molecule has 0 aliphatic carbocycles. The van der Waals surface area contributed by atoms with Gasteiger partial charge in [0.15, 0.2) is 0 Å². The van der Waals surface area contributed by atoms with E-state index in [1.807, 2.05) is 45.0 Å². The molecule has 0 aliphatic heterocycles. The molecule has 0 unspecified atom stereocenters. The van der Waals surface area contributed by atoms with Crippen LogP contribution >= 0.6 is 0 Å². The van der Waals surface area contributed by atoms with Gasteiger partial charge in [0, 0.05) is 12.2 Å². The fourth-order valence-corrected chi connectivity index (χ4v) is 1.86. The second-order valence-electron chi connectivity index (χ2n) is 4.75. The van der Waals surface area contributed by atoms with Gasteiger partial charge in [0.2, 0.25) is 0 Å². The smallest absolute Gasteiger partial charge is 0.319 e. The van der Waals surface area contributed by atoms with Crippen LogP contribution in [0.15, 0.2) is 24.3 Å². The van der Waals surface area contributed by atoms with Gasteiger partial charge in [-0.3, -0.25) is 0 Å². The minimum atomic E-state index is -0.818. The van der Waals surface area contributed by atoms with Crippen molar-refractivity contribution in [2.75, 3.05) is 11.9 Å². The molecule has 3 N–H and O–H groups in total. The van der Waals surface area contributed by atoms with Crippen molar-refractivity contribution in [2.45, 2.75) is 45.6 Å². The van der Waals surface area contributed by atoms with Crippen LogP contribution in [0.1, 0.15) is 39.2 Å². The number of carbonyl (C=O) groups is 1. The summed E-state index contributed by atoms with van der Waals surface area (Å²) >= 11 is 0. The first-order valence-electron chi connectivity index (χ1n) is 6.89. The summed E-state index contributed by atoms with van der Waals surface area (Å²) in [5.41, 5.74) is 1.10. The van der Waals surface area contributed by atoms with Crippen molar-refractivity contribution in [3.05, 3.63) is 29.8 Å². The number of rotatable bonds is 6. The first-order valence-corrected chi connectivity index (χ1v) is 6.89. The van der Waals surface area contributed by atoms with Crippen LogP contribution in [0.2, 0.25) is 0 Å². The lowest BCUT2D eigenvalue weighted by molar-refractivity contribution is 0.0354. The lowest BCUT2D eigenvalue weighted by atomic mass is 9.98. The van der Waals surface area contributed by atoms with Crippen molar-refractivity contribution in [3.63, 3.8) is 0 Å². The number of aliphatic hydroxyl groups is 1. The largest absolute Gasteiger partial charge is 0.388 e. The summed E-state index contributed by atoms with van der Waals surface area (Å²) in [5.74, 6) is 0. The molecule has 2 amide bonds. The van der Waals surface area contributed by atoms with E-state index >= 15 is 0 Å². The van der Waals surface area contributed by atoms with E-state index in [0.717, 1.165) is 17.7 Å². The van der Waals surface area contributed by atoms with E-state index in [1.165, 1.54) is 0 Å². The van der Waals surface area contributed by atoms with Crippen molar-refractivity contribution in [1.29, 1.82) is 0 Å². The minimum Gasteiger partial charge on any atom is -0.388 e. The first kappa shape index (κ1) is 15.5. The molecule has 0 spiro atoms. The number of nitrogens with one attached hydrogen (secondary N) is 2. The predicted octanol–water partition coefficient (Wildman–Crippen LogP) is 2.92. The van der Waals surface area contributed by atoms with Crippen LogP contribution in [0.5, 0.6) is 0 Å². The van der Waals surface area contributed by atoms with Gasteiger partial charge >= 0.3 is 6.03 Å². The van der Waals surface area contributed by atoms with Gasteiger partial charge in [-0.05, 0) is 30.9 Å². The Bertz CT molecular complexity index is 414. The maximum atomic E-state index is 11.8. The van der Waals surface area contributed by atoms with Crippen molar-refractivity contribution in [3.8, 4) is 0 Å². The van der Waals surface area contributed by atoms with Gasteiger partial charge in [0.25, 0.3) is 0 Å². The summed E-state index contributed by atoms with van der Waals surface area (Å²) in [6.07, 6.45) is 2.11. The molecule has 106 valence electrons. The summed E-state index contributed by atoms with van der Waals surface area (Å²) in [6, 6.07) is 7.44. The van der Waals surface area contributed by atoms with Gasteiger partial charge in [-0.15, -0.1) is 0 Å². The highest BCUT2D eigenvalue weighted by molar-refractivity contribution is 5.90. The SMILES string of the molecule is CCc1ccccc1NC(=O)NCC(O)(CC)CC. The Kier molecular flexibility index (Phi) is 5.83. The van der Waals surface area contributed by atoms with E-state index in [4.69, 9.17) is 0 Å². The van der Waals surface area contributed by atoms with Gasteiger partial charge in [0.05, 0.1) is 5.60 Å². The number of anilines is 1. The summed E-state index contributed by atoms with van der Waals surface area (Å²) in [5, 5.41) is 15.6. The van der Waals surface area contributed by atoms with Crippen molar-refractivity contribution < 1.29 is 9.90 Å². The molecule has 19 heavy (non-hydrogen) atoms. The molecule has 4 nitrogen and oxygen atoms in total. The fraction of sp³-hybridized carbons (Fsp3) is 0.533. The van der Waals surface area contributed by atoms with E-state index in [-0.39, 0.29) is 12.6 Å². The Balaban J connectivity index is 2.56. The zero-order valence-electron chi connectivity index (χ0n) is 12.0. The fourth-order valence-electron chi connectivity index (χ4n) is 1.86. The average Bonchev–Trinajstić information content (AvgIpc) is 2.45. The molecule has 1 aromatic carbocycles. The Morgan fingerprint density at radius 1 is 1.21 bits per heavy atom. The second kappa shape index (κ2) is 7.14. The van der Waals surface area contributed by atoms with E-state index in [9.17, 15) is 9.90 Å². The summed E-state index contributed by atoms with van der Waals surface area (Å²) < 4.78 is 0. The molecule has 4 heteroatoms. The average molecular weight is 264 g/mol. The zero-order valence-corrected chi connectivity index (χ0v) is 12.0. The van der Waals surface area contributed by atoms with Crippen LogP contribution in [-0.2, 0) is 6.42 Å². The van der Waals surface area contributed by atoms with Crippen LogP contribution in [-0.4, -0.2) is 23.3 Å². The number of hydrogen-bond acceptors (Lipinski definition) is 2. The van der Waals surface area contributed by atoms with Crippen LogP contribution < -0.4 is 10.6 Å². The lowest BCUT2D eigenvalue weighted by Gasteiger charge is -2.25. The molecule has 0 heterocycles. The third kappa shape index (κ3) is 4.56. The topological polar surface area (TPSA) is 61.4 Å². The third-order valence-corrected chi connectivity index (χ3v) is 3.54. The number of carbonyl (C=O) groups excluding carboxylic acids is 1. The lowest BCUT2D eigenvalue weighted by Crippen LogP contribution is -2.43. The molecular formula is C15H24N2O2. The quantitative estimate of drug-likeness (QED) is 0.740. The highest BCUT2D eigenvalue weighted by Crippen LogP contribution is 2.16. The maximum absolute atomic E-state index is 11.8. The molecule has 0 saturated heterocycles. The van der Waals surface area contributed by atoms with Crippen molar-refractivity contribution >= 4 is 11.7 Å². The number of amides is 2. The number of hydrogen-bond donors (Lipinski definition) is 3.